The summed E-state index contributed by atoms with van der Waals surface area (Å²) >= 11 is -2.08. The SMILES string of the molecule is C1=CCC(c2cccc[c]2[Sn]([C]2=CC=CC2)[c]2ccccc2)=C1.C[N-]C.C[N-]C.[Zr+2]. The Bertz CT molecular complexity index is 868. The zero-order valence-electron chi connectivity index (χ0n) is 18.5. The number of hydrogen-bond acceptors (Lipinski definition) is 0. The van der Waals surface area contributed by atoms with Crippen molar-refractivity contribution in [1.82, 2.24) is 0 Å². The summed E-state index contributed by atoms with van der Waals surface area (Å²) in [5.74, 6) is 0. The molecule has 2 aromatic carbocycles. The Morgan fingerprint density at radius 1 is 0.700 bits per heavy atom. The standard InChI is InChI=1S/C11H9.C6H5.C5H5.2C2H6N.Sn.Zr/c1-2-6-10(7-3-1)11-8-4-5-9-11;1-2-4-6-5-3-1;1-2-4-5-3-1;2*1-3-2;;/h1-6,8H,9H2;1-5H;1-3H,4H2;2*1-2H3;;/q;;;2*-1;;+2. The van der Waals surface area contributed by atoms with Gasteiger partial charge in [0.2, 0.25) is 0 Å². The summed E-state index contributed by atoms with van der Waals surface area (Å²) in [6.07, 6.45) is 15.8. The quantitative estimate of drug-likeness (QED) is 0.439. The van der Waals surface area contributed by atoms with E-state index >= 15 is 0 Å². The summed E-state index contributed by atoms with van der Waals surface area (Å²) in [6.45, 7) is 0. The number of hydrogen-bond donors (Lipinski definition) is 0. The van der Waals surface area contributed by atoms with Crippen LogP contribution in [0.25, 0.3) is 16.2 Å². The molecular formula is C26H31N2SnZr. The second-order valence-corrected chi connectivity index (χ2v) is 14.0. The van der Waals surface area contributed by atoms with Gasteiger partial charge in [-0.1, -0.05) is 0 Å². The summed E-state index contributed by atoms with van der Waals surface area (Å²) in [4.78, 5) is 0. The molecule has 4 rings (SSSR count). The fourth-order valence-corrected chi connectivity index (χ4v) is 11.7. The van der Waals surface area contributed by atoms with E-state index in [-0.39, 0.29) is 26.2 Å². The van der Waals surface area contributed by atoms with E-state index in [4.69, 9.17) is 0 Å². The third kappa shape index (κ3) is 7.92. The maximum Gasteiger partial charge on any atom is 2.00 e. The van der Waals surface area contributed by atoms with E-state index in [0.29, 0.717) is 0 Å². The van der Waals surface area contributed by atoms with E-state index in [1.165, 1.54) is 11.1 Å². The van der Waals surface area contributed by atoms with Crippen molar-refractivity contribution < 1.29 is 26.2 Å². The molecule has 0 fully saturated rings. The van der Waals surface area contributed by atoms with Crippen LogP contribution >= 0.6 is 0 Å². The molecule has 1 radical (unpaired) electrons. The van der Waals surface area contributed by atoms with Crippen molar-refractivity contribution in [2.45, 2.75) is 12.8 Å². The number of benzene rings is 2. The predicted molar refractivity (Wildman–Crippen MR) is 132 cm³/mol. The van der Waals surface area contributed by atoms with Crippen LogP contribution in [0.4, 0.5) is 0 Å². The average Bonchev–Trinajstić information content (AvgIpc) is 3.45. The third-order valence-electron chi connectivity index (χ3n) is 4.47. The first-order chi connectivity index (χ1) is 14.3. The first-order valence-electron chi connectivity index (χ1n) is 9.96. The number of allylic oxidation sites excluding steroid dienone is 8. The molecule has 0 bridgehead atoms. The van der Waals surface area contributed by atoms with Crippen LogP contribution in [0.5, 0.6) is 0 Å². The Kier molecular flexibility index (Phi) is 14.2. The van der Waals surface area contributed by atoms with Crippen molar-refractivity contribution in [3.05, 3.63) is 111 Å². The topological polar surface area (TPSA) is 28.2 Å². The second kappa shape index (κ2) is 15.8. The van der Waals surface area contributed by atoms with Crippen LogP contribution in [0.1, 0.15) is 18.4 Å². The van der Waals surface area contributed by atoms with Crippen molar-refractivity contribution in [2.75, 3.05) is 28.2 Å². The first-order valence-corrected chi connectivity index (χ1v) is 14.2. The van der Waals surface area contributed by atoms with Crippen LogP contribution in [0.3, 0.4) is 0 Å². The molecule has 0 atom stereocenters. The van der Waals surface area contributed by atoms with E-state index in [1.54, 1.807) is 38.9 Å². The van der Waals surface area contributed by atoms with Crippen LogP contribution in [-0.2, 0) is 26.2 Å². The molecule has 2 nitrogen and oxygen atoms in total. The van der Waals surface area contributed by atoms with Crippen LogP contribution in [-0.4, -0.2) is 48.0 Å². The summed E-state index contributed by atoms with van der Waals surface area (Å²) in [7, 11) is 7.00. The van der Waals surface area contributed by atoms with E-state index in [9.17, 15) is 0 Å². The van der Waals surface area contributed by atoms with E-state index in [0.717, 1.165) is 12.8 Å². The molecule has 30 heavy (non-hydrogen) atoms. The fraction of sp³-hybridized carbons (Fsp3) is 0.231. The Labute approximate surface area is 209 Å². The molecule has 0 N–H and O–H groups in total. The van der Waals surface area contributed by atoms with Crippen LogP contribution in [0, 0.1) is 0 Å². The van der Waals surface area contributed by atoms with E-state index in [2.05, 4.69) is 102 Å². The summed E-state index contributed by atoms with van der Waals surface area (Å²) in [5.41, 5.74) is 2.95. The molecule has 0 spiro atoms. The first kappa shape index (κ1) is 27.0. The molecule has 0 saturated heterocycles. The Morgan fingerprint density at radius 3 is 1.83 bits per heavy atom. The van der Waals surface area contributed by atoms with Gasteiger partial charge in [-0.05, 0) is 0 Å². The van der Waals surface area contributed by atoms with Crippen LogP contribution in [0.15, 0.2) is 94.6 Å². The van der Waals surface area contributed by atoms with Crippen molar-refractivity contribution >= 4 is 32.5 Å². The monoisotopic (exact) mass is 581 g/mol. The van der Waals surface area contributed by atoms with E-state index in [1.807, 2.05) is 0 Å². The minimum Gasteiger partial charge on any atom is -0.668 e. The molecule has 0 amide bonds. The molecule has 2 aromatic rings. The van der Waals surface area contributed by atoms with Gasteiger partial charge in [-0.25, -0.2) is 0 Å². The molecule has 153 valence electrons. The van der Waals surface area contributed by atoms with Gasteiger partial charge in [-0.3, -0.25) is 0 Å². The molecule has 2 aliphatic rings. The summed E-state index contributed by atoms with van der Waals surface area (Å²) < 4.78 is 4.87. The molecule has 0 saturated carbocycles. The maximum absolute atomic E-state index is 3.50. The predicted octanol–water partition coefficient (Wildman–Crippen LogP) is 5.30. The van der Waals surface area contributed by atoms with Gasteiger partial charge >= 0.3 is 172 Å². The van der Waals surface area contributed by atoms with Crippen molar-refractivity contribution in [1.29, 1.82) is 0 Å². The van der Waals surface area contributed by atoms with Crippen LogP contribution in [0.2, 0.25) is 0 Å². The van der Waals surface area contributed by atoms with Gasteiger partial charge in [0, 0.05) is 0 Å². The molecule has 0 heterocycles. The zero-order chi connectivity index (χ0) is 20.9. The Morgan fingerprint density at radius 2 is 1.27 bits per heavy atom. The third-order valence-corrected chi connectivity index (χ3v) is 12.7. The molecule has 0 unspecified atom stereocenters. The molecule has 0 aliphatic heterocycles. The second-order valence-electron chi connectivity index (χ2n) is 6.83. The van der Waals surface area contributed by atoms with Gasteiger partial charge in [-0.2, -0.15) is 28.2 Å². The molecule has 0 aromatic heterocycles. The van der Waals surface area contributed by atoms with Gasteiger partial charge in [0.1, 0.15) is 0 Å². The largest absolute Gasteiger partial charge is 2.00 e. The normalized spacial score (nSPS) is 13.5. The summed E-state index contributed by atoms with van der Waals surface area (Å²) in [6, 6.07) is 20.3. The molecule has 4 heteroatoms. The Hall–Kier alpha value is -0.998. The average molecular weight is 581 g/mol. The molecular weight excluding hydrogens is 550 g/mol. The fourth-order valence-electron chi connectivity index (χ4n) is 3.38. The van der Waals surface area contributed by atoms with Gasteiger partial charge in [0.25, 0.3) is 0 Å². The molecule has 2 aliphatic carbocycles. The van der Waals surface area contributed by atoms with Crippen molar-refractivity contribution in [2.24, 2.45) is 0 Å². The van der Waals surface area contributed by atoms with Crippen molar-refractivity contribution in [3.63, 3.8) is 0 Å². The number of rotatable bonds is 4. The Balaban J connectivity index is 0.000000579. The van der Waals surface area contributed by atoms with Crippen molar-refractivity contribution in [3.8, 4) is 0 Å². The van der Waals surface area contributed by atoms with Crippen LogP contribution < -0.4 is 7.16 Å². The van der Waals surface area contributed by atoms with Gasteiger partial charge < -0.3 is 10.6 Å². The minimum atomic E-state index is -2.08. The smallest absolute Gasteiger partial charge is 0.668 e. The maximum atomic E-state index is 3.50. The van der Waals surface area contributed by atoms with Gasteiger partial charge in [-0.15, -0.1) is 0 Å². The van der Waals surface area contributed by atoms with E-state index < -0.39 is 19.8 Å². The minimum absolute atomic E-state index is 0. The zero-order valence-corrected chi connectivity index (χ0v) is 23.8. The van der Waals surface area contributed by atoms with Gasteiger partial charge in [0.15, 0.2) is 0 Å². The van der Waals surface area contributed by atoms with Gasteiger partial charge in [0.05, 0.1) is 0 Å². The number of nitrogens with zero attached hydrogens (tertiary/aromatic N) is 2. The summed E-state index contributed by atoms with van der Waals surface area (Å²) in [5, 5.41) is 7.00.